The number of hydrogen-bond donors (Lipinski definition) is 2. The number of halogens is 1. The SMILES string of the molecule is COc1ccc(N(CC(=O)Nc2ccccc2C(=O)NC[C@@H]2CCCO2)S(=O)(=O)c2ccc(C)cc2)cc1Cl. The van der Waals surface area contributed by atoms with E-state index in [1.165, 1.54) is 37.4 Å². The molecule has 1 aliphatic rings. The fourth-order valence-corrected chi connectivity index (χ4v) is 5.85. The summed E-state index contributed by atoms with van der Waals surface area (Å²) < 4.78 is 39.1. The number of sulfonamides is 1. The summed E-state index contributed by atoms with van der Waals surface area (Å²) in [5, 5.41) is 5.72. The summed E-state index contributed by atoms with van der Waals surface area (Å²) in [6, 6.07) is 17.3. The lowest BCUT2D eigenvalue weighted by Gasteiger charge is -2.25. The molecule has 1 aliphatic heterocycles. The molecule has 206 valence electrons. The highest BCUT2D eigenvalue weighted by Gasteiger charge is 2.28. The van der Waals surface area contributed by atoms with Crippen LogP contribution in [-0.4, -0.2) is 53.1 Å². The van der Waals surface area contributed by atoms with Crippen molar-refractivity contribution in [3.8, 4) is 5.75 Å². The Labute approximate surface area is 233 Å². The van der Waals surface area contributed by atoms with Gasteiger partial charge < -0.3 is 20.1 Å². The molecule has 3 aromatic rings. The van der Waals surface area contributed by atoms with Crippen LogP contribution in [-0.2, 0) is 19.6 Å². The number of nitrogens with zero attached hydrogens (tertiary/aromatic N) is 1. The Morgan fingerprint density at radius 3 is 2.51 bits per heavy atom. The van der Waals surface area contributed by atoms with Gasteiger partial charge >= 0.3 is 0 Å². The van der Waals surface area contributed by atoms with E-state index in [0.29, 0.717) is 18.9 Å². The van der Waals surface area contributed by atoms with Gasteiger partial charge in [0.15, 0.2) is 0 Å². The number of ether oxygens (including phenoxy) is 2. The molecule has 0 radical (unpaired) electrons. The quantitative estimate of drug-likeness (QED) is 0.373. The van der Waals surface area contributed by atoms with Gasteiger partial charge in [0.25, 0.3) is 15.9 Å². The fourth-order valence-electron chi connectivity index (χ4n) is 4.18. The summed E-state index contributed by atoms with van der Waals surface area (Å²) in [5.74, 6) is -0.648. The number of amides is 2. The molecule has 1 atom stereocenters. The molecule has 0 bridgehead atoms. The lowest BCUT2D eigenvalue weighted by molar-refractivity contribution is -0.114. The number of rotatable bonds is 10. The van der Waals surface area contributed by atoms with Crippen molar-refractivity contribution in [1.29, 1.82) is 0 Å². The molecule has 0 spiro atoms. The third-order valence-corrected chi connectivity index (χ3v) is 8.36. The second-order valence-electron chi connectivity index (χ2n) is 9.08. The topological polar surface area (TPSA) is 114 Å². The van der Waals surface area contributed by atoms with Crippen LogP contribution in [0.3, 0.4) is 0 Å². The van der Waals surface area contributed by atoms with Crippen LogP contribution >= 0.6 is 11.6 Å². The summed E-state index contributed by atoms with van der Waals surface area (Å²) >= 11 is 6.29. The number of carbonyl (C=O) groups excluding carboxylic acids is 2. The summed E-state index contributed by atoms with van der Waals surface area (Å²) in [6.45, 7) is 2.32. The lowest BCUT2D eigenvalue weighted by Crippen LogP contribution is -2.38. The van der Waals surface area contributed by atoms with Gasteiger partial charge in [-0.3, -0.25) is 13.9 Å². The number of benzene rings is 3. The Balaban J connectivity index is 1.58. The highest BCUT2D eigenvalue weighted by atomic mass is 35.5. The van der Waals surface area contributed by atoms with E-state index in [2.05, 4.69) is 10.6 Å². The molecule has 0 unspecified atom stereocenters. The highest BCUT2D eigenvalue weighted by Crippen LogP contribution is 2.32. The van der Waals surface area contributed by atoms with Crippen molar-refractivity contribution in [2.75, 3.05) is 36.4 Å². The van der Waals surface area contributed by atoms with Crippen LogP contribution in [0.1, 0.15) is 28.8 Å². The van der Waals surface area contributed by atoms with E-state index in [9.17, 15) is 18.0 Å². The van der Waals surface area contributed by atoms with E-state index >= 15 is 0 Å². The normalized spacial score (nSPS) is 15.0. The van der Waals surface area contributed by atoms with Gasteiger partial charge in [-0.25, -0.2) is 8.42 Å². The zero-order chi connectivity index (χ0) is 28.0. The van der Waals surface area contributed by atoms with Crippen LogP contribution in [0.5, 0.6) is 5.75 Å². The Morgan fingerprint density at radius 2 is 1.85 bits per heavy atom. The van der Waals surface area contributed by atoms with E-state index in [-0.39, 0.29) is 38.9 Å². The predicted octanol–water partition coefficient (Wildman–Crippen LogP) is 4.40. The van der Waals surface area contributed by atoms with Crippen molar-refractivity contribution in [3.05, 3.63) is 82.9 Å². The minimum Gasteiger partial charge on any atom is -0.495 e. The first kappa shape index (κ1) is 28.4. The van der Waals surface area contributed by atoms with Gasteiger partial charge in [-0.1, -0.05) is 41.4 Å². The molecular weight excluding hydrogens is 542 g/mol. The Hall–Kier alpha value is -3.60. The molecule has 0 saturated carbocycles. The maximum absolute atomic E-state index is 13.7. The number of carbonyl (C=O) groups is 2. The average Bonchev–Trinajstić information content (AvgIpc) is 3.45. The smallest absolute Gasteiger partial charge is 0.264 e. The summed E-state index contributed by atoms with van der Waals surface area (Å²) in [7, 11) is -2.71. The summed E-state index contributed by atoms with van der Waals surface area (Å²) in [4.78, 5) is 26.1. The van der Waals surface area contributed by atoms with Crippen molar-refractivity contribution in [3.63, 3.8) is 0 Å². The molecule has 9 nitrogen and oxygen atoms in total. The van der Waals surface area contributed by atoms with Gasteiger partial charge in [-0.2, -0.15) is 0 Å². The maximum atomic E-state index is 13.7. The molecule has 4 rings (SSSR count). The largest absolute Gasteiger partial charge is 0.495 e. The van der Waals surface area contributed by atoms with Crippen molar-refractivity contribution < 1.29 is 27.5 Å². The van der Waals surface area contributed by atoms with E-state index in [4.69, 9.17) is 21.1 Å². The second kappa shape index (κ2) is 12.5. The van der Waals surface area contributed by atoms with E-state index in [0.717, 1.165) is 22.7 Å². The molecule has 1 heterocycles. The third kappa shape index (κ3) is 6.89. The number of anilines is 2. The fraction of sp³-hybridized carbons (Fsp3) is 0.286. The van der Waals surface area contributed by atoms with E-state index < -0.39 is 22.5 Å². The molecule has 1 saturated heterocycles. The van der Waals surface area contributed by atoms with Crippen molar-refractivity contribution in [1.82, 2.24) is 5.32 Å². The second-order valence-corrected chi connectivity index (χ2v) is 11.4. The van der Waals surface area contributed by atoms with Gasteiger partial charge in [0.2, 0.25) is 5.91 Å². The number of nitrogens with one attached hydrogen (secondary N) is 2. The van der Waals surface area contributed by atoms with Gasteiger partial charge in [0.05, 0.1) is 40.1 Å². The van der Waals surface area contributed by atoms with E-state index in [1.54, 1.807) is 36.4 Å². The number of aryl methyl sites for hydroxylation is 1. The third-order valence-electron chi connectivity index (χ3n) is 6.28. The van der Waals surface area contributed by atoms with Gasteiger partial charge in [0.1, 0.15) is 12.3 Å². The van der Waals surface area contributed by atoms with Gasteiger partial charge in [-0.05, 0) is 62.2 Å². The molecule has 2 N–H and O–H groups in total. The monoisotopic (exact) mass is 571 g/mol. The van der Waals surface area contributed by atoms with E-state index in [1.807, 2.05) is 6.92 Å². The molecule has 0 aliphatic carbocycles. The molecule has 3 aromatic carbocycles. The zero-order valence-corrected chi connectivity index (χ0v) is 23.2. The lowest BCUT2D eigenvalue weighted by atomic mass is 10.1. The predicted molar refractivity (Wildman–Crippen MR) is 150 cm³/mol. The minimum atomic E-state index is -4.16. The number of para-hydroxylation sites is 1. The van der Waals surface area contributed by atoms with Gasteiger partial charge in [-0.15, -0.1) is 0 Å². The summed E-state index contributed by atoms with van der Waals surface area (Å²) in [5.41, 5.74) is 1.58. The standard InChI is InChI=1S/C28H30ClN3O6S/c1-19-9-12-22(13-10-19)39(35,36)32(20-11-14-26(37-2)24(29)16-20)18-27(33)31-25-8-4-3-7-23(25)28(34)30-17-21-6-5-15-38-21/h3-4,7-14,16,21H,5-6,15,17-18H2,1-2H3,(H,30,34)(H,31,33)/t21-/m0/s1. The molecule has 39 heavy (non-hydrogen) atoms. The van der Waals surface area contributed by atoms with Crippen LogP contribution in [0.25, 0.3) is 0 Å². The van der Waals surface area contributed by atoms with Crippen molar-refractivity contribution in [2.45, 2.75) is 30.8 Å². The first-order valence-corrected chi connectivity index (χ1v) is 14.2. The maximum Gasteiger partial charge on any atom is 0.264 e. The Morgan fingerprint density at radius 1 is 1.10 bits per heavy atom. The summed E-state index contributed by atoms with van der Waals surface area (Å²) in [6.07, 6.45) is 1.79. The first-order chi connectivity index (χ1) is 18.7. The minimum absolute atomic E-state index is 0.0155. The zero-order valence-electron chi connectivity index (χ0n) is 21.6. The first-order valence-electron chi connectivity index (χ1n) is 12.4. The van der Waals surface area contributed by atoms with Crippen LogP contribution in [0.2, 0.25) is 5.02 Å². The average molecular weight is 572 g/mol. The van der Waals surface area contributed by atoms with Crippen LogP contribution in [0, 0.1) is 6.92 Å². The van der Waals surface area contributed by atoms with Crippen LogP contribution in [0.15, 0.2) is 71.6 Å². The molecule has 11 heteroatoms. The highest BCUT2D eigenvalue weighted by molar-refractivity contribution is 7.92. The molecule has 1 fully saturated rings. The van der Waals surface area contributed by atoms with Crippen molar-refractivity contribution >= 4 is 44.8 Å². The molecule has 2 amide bonds. The Bertz CT molecular complexity index is 1440. The molecule has 0 aromatic heterocycles. The molecular formula is C28H30ClN3O6S. The number of hydrogen-bond acceptors (Lipinski definition) is 6. The van der Waals surface area contributed by atoms with Crippen LogP contribution in [0.4, 0.5) is 11.4 Å². The van der Waals surface area contributed by atoms with Crippen LogP contribution < -0.4 is 19.7 Å². The van der Waals surface area contributed by atoms with Gasteiger partial charge in [0, 0.05) is 13.2 Å². The Kier molecular flexibility index (Phi) is 9.11. The number of methoxy groups -OCH3 is 1. The van der Waals surface area contributed by atoms with Crippen molar-refractivity contribution in [2.24, 2.45) is 0 Å².